The molecular weight excluding hydrogens is 276 g/mol. The van der Waals surface area contributed by atoms with Gasteiger partial charge in [0.15, 0.2) is 5.13 Å². The summed E-state index contributed by atoms with van der Waals surface area (Å²) in [7, 11) is 0. The lowest BCUT2D eigenvalue weighted by Gasteiger charge is -2.21. The summed E-state index contributed by atoms with van der Waals surface area (Å²) in [4.78, 5) is 18.9. The maximum absolute atomic E-state index is 12.0. The van der Waals surface area contributed by atoms with Gasteiger partial charge in [-0.2, -0.15) is 0 Å². The molecular formula is C14H22N2O3S. The van der Waals surface area contributed by atoms with Gasteiger partial charge < -0.3 is 14.4 Å². The molecule has 2 rings (SSSR count). The van der Waals surface area contributed by atoms with Crippen LogP contribution in [-0.4, -0.2) is 43.9 Å². The zero-order valence-corrected chi connectivity index (χ0v) is 13.2. The molecule has 0 radical (unpaired) electrons. The Morgan fingerprint density at radius 3 is 3.05 bits per heavy atom. The molecule has 0 saturated carbocycles. The fraction of sp³-hybridized carbons (Fsp3) is 0.714. The lowest BCUT2D eigenvalue weighted by molar-refractivity contribution is -0.148. The number of carbonyl (C=O) groups is 1. The molecule has 1 saturated heterocycles. The highest BCUT2D eigenvalue weighted by atomic mass is 32.1. The van der Waals surface area contributed by atoms with E-state index in [2.05, 4.69) is 9.88 Å². The van der Waals surface area contributed by atoms with Crippen LogP contribution in [0.2, 0.25) is 0 Å². The van der Waals surface area contributed by atoms with E-state index in [4.69, 9.17) is 9.47 Å². The highest BCUT2D eigenvalue weighted by Gasteiger charge is 2.34. The first kappa shape index (κ1) is 15.3. The van der Waals surface area contributed by atoms with E-state index in [9.17, 15) is 4.79 Å². The van der Waals surface area contributed by atoms with Crippen molar-refractivity contribution in [2.24, 2.45) is 0 Å². The topological polar surface area (TPSA) is 51.7 Å². The zero-order valence-electron chi connectivity index (χ0n) is 12.3. The summed E-state index contributed by atoms with van der Waals surface area (Å²) in [5.74, 6) is -0.226. The number of anilines is 1. The number of thiazole rings is 1. The SMILES string of the molecule is CCOC(=O)C(C)(C)c1csc(N2CCCOCC2)n1. The van der Waals surface area contributed by atoms with E-state index < -0.39 is 5.41 Å². The van der Waals surface area contributed by atoms with Crippen molar-refractivity contribution in [1.82, 2.24) is 4.98 Å². The molecule has 2 heterocycles. The third kappa shape index (κ3) is 3.30. The van der Waals surface area contributed by atoms with Crippen molar-refractivity contribution in [2.75, 3.05) is 37.8 Å². The van der Waals surface area contributed by atoms with Crippen molar-refractivity contribution in [3.63, 3.8) is 0 Å². The number of hydrogen-bond donors (Lipinski definition) is 0. The second-order valence-electron chi connectivity index (χ2n) is 5.31. The van der Waals surface area contributed by atoms with Crippen LogP contribution in [0.5, 0.6) is 0 Å². The quantitative estimate of drug-likeness (QED) is 0.798. The Kier molecular flexibility index (Phi) is 4.99. The van der Waals surface area contributed by atoms with Crippen molar-refractivity contribution in [1.29, 1.82) is 0 Å². The van der Waals surface area contributed by atoms with E-state index in [1.807, 2.05) is 26.2 Å². The number of ether oxygens (including phenoxy) is 2. The van der Waals surface area contributed by atoms with Crippen molar-refractivity contribution < 1.29 is 14.3 Å². The Hall–Kier alpha value is -1.14. The largest absolute Gasteiger partial charge is 0.465 e. The van der Waals surface area contributed by atoms with Gasteiger partial charge in [-0.1, -0.05) is 0 Å². The smallest absolute Gasteiger partial charge is 0.317 e. The van der Waals surface area contributed by atoms with E-state index in [1.165, 1.54) is 0 Å². The molecule has 1 aliphatic rings. The molecule has 0 spiro atoms. The second kappa shape index (κ2) is 6.54. The number of nitrogens with zero attached hydrogens (tertiary/aromatic N) is 2. The van der Waals surface area contributed by atoms with Crippen LogP contribution in [0, 0.1) is 0 Å². The molecule has 0 unspecified atom stereocenters. The second-order valence-corrected chi connectivity index (χ2v) is 6.15. The number of carbonyl (C=O) groups excluding carboxylic acids is 1. The van der Waals surface area contributed by atoms with Gasteiger partial charge in [0.1, 0.15) is 5.41 Å². The Labute approximate surface area is 123 Å². The monoisotopic (exact) mass is 298 g/mol. The Bertz CT molecular complexity index is 451. The molecule has 20 heavy (non-hydrogen) atoms. The van der Waals surface area contributed by atoms with E-state index in [0.29, 0.717) is 6.61 Å². The normalized spacial score (nSPS) is 16.9. The van der Waals surface area contributed by atoms with Gasteiger partial charge in [-0.15, -0.1) is 11.3 Å². The first-order valence-electron chi connectivity index (χ1n) is 7.01. The molecule has 0 amide bonds. The minimum Gasteiger partial charge on any atom is -0.465 e. The standard InChI is InChI=1S/C14H22N2O3S/c1-4-19-12(17)14(2,3)11-10-20-13(15-11)16-6-5-8-18-9-7-16/h10H,4-9H2,1-3H3. The summed E-state index contributed by atoms with van der Waals surface area (Å²) >= 11 is 1.58. The van der Waals surface area contributed by atoms with Crippen LogP contribution in [0.3, 0.4) is 0 Å². The van der Waals surface area contributed by atoms with Gasteiger partial charge >= 0.3 is 5.97 Å². The van der Waals surface area contributed by atoms with E-state index in [0.717, 1.165) is 43.5 Å². The van der Waals surface area contributed by atoms with Crippen LogP contribution in [0.4, 0.5) is 5.13 Å². The van der Waals surface area contributed by atoms with Crippen LogP contribution in [-0.2, 0) is 19.7 Å². The molecule has 1 aromatic heterocycles. The summed E-state index contributed by atoms with van der Waals surface area (Å²) in [6.45, 7) is 9.27. The van der Waals surface area contributed by atoms with Crippen LogP contribution >= 0.6 is 11.3 Å². The maximum atomic E-state index is 12.0. The van der Waals surface area contributed by atoms with E-state index in [1.54, 1.807) is 11.3 Å². The fourth-order valence-corrected chi connectivity index (χ4v) is 3.10. The number of esters is 1. The van der Waals surface area contributed by atoms with Gasteiger partial charge in [0, 0.05) is 25.1 Å². The van der Waals surface area contributed by atoms with Gasteiger partial charge in [-0.3, -0.25) is 4.79 Å². The van der Waals surface area contributed by atoms with Crippen LogP contribution in [0.25, 0.3) is 0 Å². The minimum atomic E-state index is -0.701. The summed E-state index contributed by atoms with van der Waals surface area (Å²) in [6.07, 6.45) is 1.01. The van der Waals surface area contributed by atoms with Crippen molar-refractivity contribution in [3.8, 4) is 0 Å². The fourth-order valence-electron chi connectivity index (χ4n) is 2.05. The molecule has 1 aliphatic heterocycles. The molecule has 0 N–H and O–H groups in total. The average molecular weight is 298 g/mol. The lowest BCUT2D eigenvalue weighted by atomic mass is 9.90. The van der Waals surface area contributed by atoms with E-state index >= 15 is 0 Å². The van der Waals surface area contributed by atoms with Crippen LogP contribution < -0.4 is 4.90 Å². The molecule has 0 aliphatic carbocycles. The van der Waals surface area contributed by atoms with Gasteiger partial charge in [-0.05, 0) is 27.2 Å². The molecule has 6 heteroatoms. The first-order valence-corrected chi connectivity index (χ1v) is 7.89. The third-order valence-corrected chi connectivity index (χ3v) is 4.31. The average Bonchev–Trinajstić information content (AvgIpc) is 2.76. The van der Waals surface area contributed by atoms with Crippen molar-refractivity contribution >= 4 is 22.4 Å². The van der Waals surface area contributed by atoms with Gasteiger partial charge in [-0.25, -0.2) is 4.98 Å². The molecule has 1 aromatic rings. The van der Waals surface area contributed by atoms with Gasteiger partial charge in [0.25, 0.3) is 0 Å². The summed E-state index contributed by atoms with van der Waals surface area (Å²) < 4.78 is 10.6. The maximum Gasteiger partial charge on any atom is 0.317 e. The summed E-state index contributed by atoms with van der Waals surface area (Å²) in [5, 5.41) is 2.92. The number of hydrogen-bond acceptors (Lipinski definition) is 6. The Morgan fingerprint density at radius 2 is 2.30 bits per heavy atom. The molecule has 5 nitrogen and oxygen atoms in total. The first-order chi connectivity index (χ1) is 9.55. The van der Waals surface area contributed by atoms with Gasteiger partial charge in [0.05, 0.1) is 18.9 Å². The lowest BCUT2D eigenvalue weighted by Crippen LogP contribution is -2.32. The Balaban J connectivity index is 2.13. The molecule has 0 bridgehead atoms. The minimum absolute atomic E-state index is 0.226. The Morgan fingerprint density at radius 1 is 1.50 bits per heavy atom. The number of aromatic nitrogens is 1. The van der Waals surface area contributed by atoms with Crippen molar-refractivity contribution in [2.45, 2.75) is 32.6 Å². The predicted octanol–water partition coefficient (Wildman–Crippen LogP) is 2.21. The molecule has 112 valence electrons. The van der Waals surface area contributed by atoms with Crippen LogP contribution in [0.15, 0.2) is 5.38 Å². The van der Waals surface area contributed by atoms with Crippen LogP contribution in [0.1, 0.15) is 32.9 Å². The third-order valence-electron chi connectivity index (χ3n) is 3.41. The molecule has 1 fully saturated rings. The van der Waals surface area contributed by atoms with Crippen molar-refractivity contribution in [3.05, 3.63) is 11.1 Å². The zero-order chi connectivity index (χ0) is 14.6. The van der Waals surface area contributed by atoms with Gasteiger partial charge in [0.2, 0.25) is 0 Å². The summed E-state index contributed by atoms with van der Waals surface area (Å²) in [6, 6.07) is 0. The number of rotatable bonds is 4. The predicted molar refractivity (Wildman–Crippen MR) is 79.4 cm³/mol. The molecule has 0 aromatic carbocycles. The summed E-state index contributed by atoms with van der Waals surface area (Å²) in [5.41, 5.74) is 0.0775. The molecule has 0 atom stereocenters. The highest BCUT2D eigenvalue weighted by Crippen LogP contribution is 2.30. The van der Waals surface area contributed by atoms with E-state index in [-0.39, 0.29) is 5.97 Å². The highest BCUT2D eigenvalue weighted by molar-refractivity contribution is 7.13.